The third-order valence-corrected chi connectivity index (χ3v) is 5.76. The highest BCUT2D eigenvalue weighted by molar-refractivity contribution is 5.80. The van der Waals surface area contributed by atoms with E-state index >= 15 is 0 Å². The van der Waals surface area contributed by atoms with Crippen molar-refractivity contribution in [2.75, 3.05) is 26.8 Å². The molecule has 1 aliphatic rings. The lowest BCUT2D eigenvalue weighted by Gasteiger charge is -2.20. The van der Waals surface area contributed by atoms with Gasteiger partial charge in [-0.3, -0.25) is 4.79 Å². The van der Waals surface area contributed by atoms with Crippen LogP contribution in [0.4, 0.5) is 0 Å². The Bertz CT molecular complexity index is 1050. The van der Waals surface area contributed by atoms with Crippen molar-refractivity contribution in [3.8, 4) is 17.1 Å². The summed E-state index contributed by atoms with van der Waals surface area (Å²) in [5.74, 6) is 1.39. The number of likely N-dealkylation sites (tertiary alicyclic amines) is 1. The van der Waals surface area contributed by atoms with Crippen LogP contribution < -0.4 is 10.3 Å². The van der Waals surface area contributed by atoms with Crippen molar-refractivity contribution in [3.05, 3.63) is 58.4 Å². The molecule has 0 aliphatic carbocycles. The van der Waals surface area contributed by atoms with Gasteiger partial charge in [0.2, 0.25) is 0 Å². The monoisotopic (exact) mass is 407 g/mol. The molecule has 1 atom stereocenters. The highest BCUT2D eigenvalue weighted by Crippen LogP contribution is 2.21. The molecule has 1 saturated heterocycles. The minimum Gasteiger partial charge on any atom is -0.494 e. The van der Waals surface area contributed by atoms with Crippen LogP contribution in [-0.4, -0.2) is 47.7 Å². The highest BCUT2D eigenvalue weighted by atomic mass is 16.5. The van der Waals surface area contributed by atoms with Crippen molar-refractivity contribution in [2.45, 2.75) is 38.8 Å². The molecule has 2 heterocycles. The topological polar surface area (TPSA) is 67.5 Å². The number of nitrogens with zero attached hydrogens (tertiary/aromatic N) is 2. The zero-order valence-corrected chi connectivity index (χ0v) is 17.7. The van der Waals surface area contributed by atoms with Crippen LogP contribution in [0, 0.1) is 0 Å². The molecule has 0 radical (unpaired) electrons. The molecular weight excluding hydrogens is 378 g/mol. The van der Waals surface area contributed by atoms with E-state index in [0.717, 1.165) is 29.8 Å². The van der Waals surface area contributed by atoms with E-state index in [1.54, 1.807) is 7.11 Å². The zero-order chi connectivity index (χ0) is 20.9. The number of H-pyrrole nitrogens is 1. The molecule has 6 nitrogen and oxygen atoms in total. The fourth-order valence-electron chi connectivity index (χ4n) is 4.07. The molecule has 1 N–H and O–H groups in total. The molecule has 1 fully saturated rings. The summed E-state index contributed by atoms with van der Waals surface area (Å²) in [5.41, 5.74) is 2.33. The molecule has 6 heteroatoms. The first kappa shape index (κ1) is 20.6. The third kappa shape index (κ3) is 4.71. The largest absolute Gasteiger partial charge is 0.494 e. The number of methoxy groups -OCH3 is 1. The minimum absolute atomic E-state index is 0.149. The Morgan fingerprint density at radius 2 is 2.03 bits per heavy atom. The van der Waals surface area contributed by atoms with Gasteiger partial charge in [0, 0.05) is 25.3 Å². The van der Waals surface area contributed by atoms with E-state index in [0.29, 0.717) is 36.0 Å². The van der Waals surface area contributed by atoms with Gasteiger partial charge in [0.15, 0.2) is 0 Å². The Kier molecular flexibility index (Phi) is 6.45. The molecule has 2 aromatic carbocycles. The number of fused-ring (bicyclic) bond motifs is 1. The van der Waals surface area contributed by atoms with Crippen LogP contribution >= 0.6 is 0 Å². The first-order valence-corrected chi connectivity index (χ1v) is 10.6. The predicted molar refractivity (Wildman–Crippen MR) is 119 cm³/mol. The van der Waals surface area contributed by atoms with Gasteiger partial charge in [-0.1, -0.05) is 6.07 Å². The highest BCUT2D eigenvalue weighted by Gasteiger charge is 2.19. The van der Waals surface area contributed by atoms with Crippen molar-refractivity contribution in [1.82, 2.24) is 14.9 Å². The van der Waals surface area contributed by atoms with Crippen molar-refractivity contribution in [3.63, 3.8) is 0 Å². The fourth-order valence-corrected chi connectivity index (χ4v) is 4.07. The maximum atomic E-state index is 12.5. The van der Waals surface area contributed by atoms with Gasteiger partial charge in [-0.15, -0.1) is 0 Å². The summed E-state index contributed by atoms with van der Waals surface area (Å²) in [4.78, 5) is 22.6. The zero-order valence-electron chi connectivity index (χ0n) is 17.7. The average Bonchev–Trinajstić information content (AvgIpc) is 3.17. The summed E-state index contributed by atoms with van der Waals surface area (Å²) in [7, 11) is 1.64. The van der Waals surface area contributed by atoms with E-state index in [9.17, 15) is 4.79 Å². The van der Waals surface area contributed by atoms with E-state index in [2.05, 4.69) is 21.8 Å². The van der Waals surface area contributed by atoms with Gasteiger partial charge >= 0.3 is 0 Å². The predicted octanol–water partition coefficient (Wildman–Crippen LogP) is 3.99. The molecule has 1 aliphatic heterocycles. The Labute approximate surface area is 176 Å². The second-order valence-electron chi connectivity index (χ2n) is 7.95. The number of benzene rings is 2. The van der Waals surface area contributed by atoms with Crippen molar-refractivity contribution in [2.24, 2.45) is 0 Å². The average molecular weight is 408 g/mol. The minimum atomic E-state index is -0.149. The molecule has 4 rings (SSSR count). The van der Waals surface area contributed by atoms with Crippen molar-refractivity contribution >= 4 is 10.9 Å². The van der Waals surface area contributed by atoms with Gasteiger partial charge in [-0.05, 0) is 74.7 Å². The lowest BCUT2D eigenvalue weighted by atomic mass is 10.1. The van der Waals surface area contributed by atoms with Crippen LogP contribution in [0.25, 0.3) is 22.3 Å². The second-order valence-corrected chi connectivity index (χ2v) is 7.95. The van der Waals surface area contributed by atoms with E-state index in [1.165, 1.54) is 19.4 Å². The number of hydrogen-bond donors (Lipinski definition) is 1. The Morgan fingerprint density at radius 1 is 1.20 bits per heavy atom. The Morgan fingerprint density at radius 3 is 2.77 bits per heavy atom. The van der Waals surface area contributed by atoms with Gasteiger partial charge < -0.3 is 19.4 Å². The van der Waals surface area contributed by atoms with Crippen LogP contribution in [0.1, 0.15) is 31.7 Å². The maximum Gasteiger partial charge on any atom is 0.259 e. The normalized spacial score (nSPS) is 16.9. The molecule has 0 unspecified atom stereocenters. The SMILES string of the molecule is COCc1ccc2nc(-c3ccc(OCCCN4CCC[C@@H]4C)cc3)[nH]c(=O)c2c1. The smallest absolute Gasteiger partial charge is 0.259 e. The molecular formula is C24H29N3O3. The summed E-state index contributed by atoms with van der Waals surface area (Å²) in [6.45, 7) is 5.78. The first-order valence-electron chi connectivity index (χ1n) is 10.6. The number of ether oxygens (including phenoxy) is 2. The molecule has 0 amide bonds. The summed E-state index contributed by atoms with van der Waals surface area (Å²) in [6.07, 6.45) is 3.64. The Hall–Kier alpha value is -2.70. The van der Waals surface area contributed by atoms with Gasteiger partial charge in [-0.2, -0.15) is 0 Å². The lowest BCUT2D eigenvalue weighted by molar-refractivity contribution is 0.185. The summed E-state index contributed by atoms with van der Waals surface area (Å²) >= 11 is 0. The standard InChI is InChI=1S/C24H29N3O3/c1-17-5-3-12-27(17)13-4-14-30-20-9-7-19(8-10-20)23-25-22-11-6-18(16-29-2)15-21(22)24(28)26-23/h6-11,15,17H,3-5,12-14,16H2,1-2H3,(H,25,26,28)/t17-/m0/s1. The van der Waals surface area contributed by atoms with Gasteiger partial charge in [0.1, 0.15) is 11.6 Å². The molecule has 0 spiro atoms. The van der Waals surface area contributed by atoms with Crippen LogP contribution in [0.3, 0.4) is 0 Å². The van der Waals surface area contributed by atoms with Crippen molar-refractivity contribution < 1.29 is 9.47 Å². The number of aromatic amines is 1. The van der Waals surface area contributed by atoms with Crippen LogP contribution in [0.5, 0.6) is 5.75 Å². The van der Waals surface area contributed by atoms with E-state index in [4.69, 9.17) is 9.47 Å². The van der Waals surface area contributed by atoms with E-state index < -0.39 is 0 Å². The number of aromatic nitrogens is 2. The molecule has 0 bridgehead atoms. The number of rotatable bonds is 8. The lowest BCUT2D eigenvalue weighted by Crippen LogP contribution is -2.28. The molecule has 1 aromatic heterocycles. The summed E-state index contributed by atoms with van der Waals surface area (Å²) in [6, 6.07) is 14.0. The van der Waals surface area contributed by atoms with Gasteiger partial charge in [0.05, 0.1) is 24.1 Å². The number of nitrogens with one attached hydrogen (secondary N) is 1. The van der Waals surface area contributed by atoms with Crippen LogP contribution in [0.15, 0.2) is 47.3 Å². The second kappa shape index (κ2) is 9.41. The fraction of sp³-hybridized carbons (Fsp3) is 0.417. The van der Waals surface area contributed by atoms with Crippen LogP contribution in [-0.2, 0) is 11.3 Å². The quantitative estimate of drug-likeness (QED) is 0.572. The number of hydrogen-bond acceptors (Lipinski definition) is 5. The van der Waals surface area contributed by atoms with Crippen LogP contribution in [0.2, 0.25) is 0 Å². The summed E-state index contributed by atoms with van der Waals surface area (Å²) in [5, 5.41) is 0.570. The molecule has 3 aromatic rings. The molecule has 0 saturated carbocycles. The molecule has 158 valence electrons. The Balaban J connectivity index is 1.40. The van der Waals surface area contributed by atoms with Crippen molar-refractivity contribution in [1.29, 1.82) is 0 Å². The van der Waals surface area contributed by atoms with Gasteiger partial charge in [-0.25, -0.2) is 4.98 Å². The van der Waals surface area contributed by atoms with Gasteiger partial charge in [0.25, 0.3) is 5.56 Å². The van der Waals surface area contributed by atoms with E-state index in [-0.39, 0.29) is 5.56 Å². The molecule has 30 heavy (non-hydrogen) atoms. The first-order chi connectivity index (χ1) is 14.6. The summed E-state index contributed by atoms with van der Waals surface area (Å²) < 4.78 is 11.0. The third-order valence-electron chi connectivity index (χ3n) is 5.76. The maximum absolute atomic E-state index is 12.5. The van der Waals surface area contributed by atoms with E-state index in [1.807, 2.05) is 42.5 Å².